The Morgan fingerprint density at radius 3 is 2.88 bits per heavy atom. The third kappa shape index (κ3) is 2.96. The molecule has 26 heavy (non-hydrogen) atoms. The van der Waals surface area contributed by atoms with Gasteiger partial charge in [0, 0.05) is 18.3 Å². The third-order valence-corrected chi connectivity index (χ3v) is 5.02. The molecule has 1 aromatic carbocycles. The molecule has 1 aliphatic heterocycles. The molecule has 1 aliphatic rings. The van der Waals surface area contributed by atoms with E-state index < -0.39 is 5.91 Å². The van der Waals surface area contributed by atoms with Crippen molar-refractivity contribution >= 4 is 22.7 Å². The predicted octanol–water partition coefficient (Wildman–Crippen LogP) is 2.22. The fourth-order valence-electron chi connectivity index (χ4n) is 3.70. The van der Waals surface area contributed by atoms with Crippen LogP contribution in [0.3, 0.4) is 0 Å². The van der Waals surface area contributed by atoms with E-state index >= 15 is 0 Å². The molecule has 2 amide bonds. The molecule has 7 nitrogen and oxygen atoms in total. The molecule has 1 fully saturated rings. The van der Waals surface area contributed by atoms with Gasteiger partial charge in [-0.15, -0.1) is 0 Å². The Bertz CT molecular complexity index is 958. The summed E-state index contributed by atoms with van der Waals surface area (Å²) >= 11 is 0. The molecule has 3 heterocycles. The van der Waals surface area contributed by atoms with Gasteiger partial charge in [-0.1, -0.05) is 18.2 Å². The average molecular weight is 351 g/mol. The number of amides is 2. The summed E-state index contributed by atoms with van der Waals surface area (Å²) in [5.74, 6) is -0.508. The Balaban J connectivity index is 1.57. The number of aromatic nitrogens is 3. The molecule has 7 heteroatoms. The number of hydrogen-bond acceptors (Lipinski definition) is 3. The van der Waals surface area contributed by atoms with Crippen LogP contribution >= 0.6 is 0 Å². The summed E-state index contributed by atoms with van der Waals surface area (Å²) in [6.45, 7) is 0.994. The van der Waals surface area contributed by atoms with Gasteiger partial charge in [-0.3, -0.25) is 14.7 Å². The molecule has 2 aromatic heterocycles. The van der Waals surface area contributed by atoms with E-state index in [-0.39, 0.29) is 17.6 Å². The molecule has 4 rings (SSSR count). The van der Waals surface area contributed by atoms with Gasteiger partial charge in [0.2, 0.25) is 5.91 Å². The number of carbonyl (C=O) groups excluding carboxylic acids is 2. The van der Waals surface area contributed by atoms with Crippen LogP contribution in [0.4, 0.5) is 0 Å². The lowest BCUT2D eigenvalue weighted by Crippen LogP contribution is -2.40. The van der Waals surface area contributed by atoms with Crippen molar-refractivity contribution in [2.24, 2.45) is 5.73 Å². The van der Waals surface area contributed by atoms with Crippen molar-refractivity contribution in [2.45, 2.75) is 31.8 Å². The highest BCUT2D eigenvalue weighted by molar-refractivity contribution is 5.90. The van der Waals surface area contributed by atoms with Crippen LogP contribution in [0.15, 0.2) is 42.6 Å². The Hall–Kier alpha value is -3.09. The Kier molecular flexibility index (Phi) is 4.20. The van der Waals surface area contributed by atoms with Crippen molar-refractivity contribution in [1.82, 2.24) is 19.7 Å². The maximum Gasteiger partial charge on any atom is 0.269 e. The highest BCUT2D eigenvalue weighted by atomic mass is 16.2. The number of nitrogens with zero attached hydrogens (tertiary/aromatic N) is 3. The van der Waals surface area contributed by atoms with Gasteiger partial charge in [-0.25, -0.2) is 0 Å². The van der Waals surface area contributed by atoms with Gasteiger partial charge in [-0.05, 0) is 42.8 Å². The summed E-state index contributed by atoms with van der Waals surface area (Å²) in [7, 11) is 0. The number of H-pyrrole nitrogens is 1. The number of likely N-dealkylation sites (tertiary alicyclic amines) is 1. The zero-order valence-corrected chi connectivity index (χ0v) is 14.4. The zero-order chi connectivity index (χ0) is 18.1. The second-order valence-electron chi connectivity index (χ2n) is 6.67. The largest absolute Gasteiger partial charge is 0.364 e. The van der Waals surface area contributed by atoms with Crippen molar-refractivity contribution in [3.63, 3.8) is 0 Å². The van der Waals surface area contributed by atoms with E-state index in [4.69, 9.17) is 5.73 Å². The van der Waals surface area contributed by atoms with E-state index in [0.29, 0.717) is 13.1 Å². The highest BCUT2D eigenvalue weighted by Crippen LogP contribution is 2.30. The van der Waals surface area contributed by atoms with Gasteiger partial charge in [0.25, 0.3) is 5.91 Å². The fourth-order valence-corrected chi connectivity index (χ4v) is 3.70. The molecular weight excluding hydrogens is 330 g/mol. The minimum Gasteiger partial charge on any atom is -0.364 e. The van der Waals surface area contributed by atoms with Crippen molar-refractivity contribution in [1.29, 1.82) is 0 Å². The van der Waals surface area contributed by atoms with Crippen LogP contribution in [-0.2, 0) is 11.3 Å². The third-order valence-electron chi connectivity index (χ3n) is 5.02. The van der Waals surface area contributed by atoms with Gasteiger partial charge < -0.3 is 15.2 Å². The first-order valence-electron chi connectivity index (χ1n) is 8.82. The Labute approximate surface area is 150 Å². The molecule has 3 N–H and O–H groups in total. The minimum atomic E-state index is -0.569. The standard InChI is InChI=1S/C19H21N5O2/c20-19(26)15-11-14(21-22-15)17-7-3-4-9-24(17)18(25)12-23-10-8-13-5-1-2-6-16(13)23/h1-2,5-6,8,10-11,17H,3-4,7,9,12H2,(H2,20,26)(H,21,22)/t17-/m1/s1. The van der Waals surface area contributed by atoms with E-state index in [1.807, 2.05) is 46.0 Å². The number of carbonyl (C=O) groups is 2. The van der Waals surface area contributed by atoms with Crippen LogP contribution < -0.4 is 5.73 Å². The maximum atomic E-state index is 13.0. The van der Waals surface area contributed by atoms with E-state index in [0.717, 1.165) is 35.9 Å². The van der Waals surface area contributed by atoms with E-state index in [9.17, 15) is 9.59 Å². The first kappa shape index (κ1) is 16.4. The maximum absolute atomic E-state index is 13.0. The number of rotatable bonds is 4. The first-order valence-corrected chi connectivity index (χ1v) is 8.82. The van der Waals surface area contributed by atoms with E-state index in [1.165, 1.54) is 0 Å². The molecule has 0 bridgehead atoms. The number of primary amides is 1. The Morgan fingerprint density at radius 2 is 2.08 bits per heavy atom. The number of aromatic amines is 1. The molecule has 0 aliphatic carbocycles. The van der Waals surface area contributed by atoms with E-state index in [2.05, 4.69) is 10.2 Å². The van der Waals surface area contributed by atoms with Gasteiger partial charge in [0.1, 0.15) is 12.2 Å². The lowest BCUT2D eigenvalue weighted by molar-refractivity contribution is -0.135. The van der Waals surface area contributed by atoms with Crippen LogP contribution in [0.2, 0.25) is 0 Å². The monoisotopic (exact) mass is 351 g/mol. The first-order chi connectivity index (χ1) is 12.6. The number of hydrogen-bond donors (Lipinski definition) is 2. The van der Waals surface area contributed by atoms with Crippen molar-refractivity contribution in [3.8, 4) is 0 Å². The van der Waals surface area contributed by atoms with Crippen LogP contribution in [0.25, 0.3) is 10.9 Å². The lowest BCUT2D eigenvalue weighted by Gasteiger charge is -2.35. The lowest BCUT2D eigenvalue weighted by atomic mass is 9.99. The Morgan fingerprint density at radius 1 is 1.23 bits per heavy atom. The summed E-state index contributed by atoms with van der Waals surface area (Å²) in [6, 6.07) is 11.6. The number of benzene rings is 1. The van der Waals surface area contributed by atoms with Crippen LogP contribution in [0, 0.1) is 0 Å². The van der Waals surface area contributed by atoms with Crippen LogP contribution in [-0.4, -0.2) is 38.0 Å². The normalized spacial score (nSPS) is 17.5. The molecule has 0 radical (unpaired) electrons. The summed E-state index contributed by atoms with van der Waals surface area (Å²) in [5.41, 5.74) is 7.31. The number of piperidine rings is 1. The highest BCUT2D eigenvalue weighted by Gasteiger charge is 2.29. The quantitative estimate of drug-likeness (QED) is 0.754. The average Bonchev–Trinajstić information content (AvgIpc) is 3.30. The van der Waals surface area contributed by atoms with Crippen molar-refractivity contribution in [3.05, 3.63) is 54.0 Å². The SMILES string of the molecule is NC(=O)c1cc([C@H]2CCCCN2C(=O)Cn2ccc3ccccc32)[nH]n1. The van der Waals surface area contributed by atoms with Crippen molar-refractivity contribution in [2.75, 3.05) is 6.54 Å². The van der Waals surface area contributed by atoms with Crippen molar-refractivity contribution < 1.29 is 9.59 Å². The molecule has 134 valence electrons. The molecular formula is C19H21N5O2. The van der Waals surface area contributed by atoms with Gasteiger partial charge in [0.05, 0.1) is 11.7 Å². The zero-order valence-electron chi connectivity index (χ0n) is 14.4. The predicted molar refractivity (Wildman–Crippen MR) is 97.3 cm³/mol. The number of fused-ring (bicyclic) bond motifs is 1. The minimum absolute atomic E-state index is 0.0614. The van der Waals surface area contributed by atoms with Gasteiger partial charge >= 0.3 is 0 Å². The van der Waals surface area contributed by atoms with Crippen LogP contribution in [0.5, 0.6) is 0 Å². The summed E-state index contributed by atoms with van der Waals surface area (Å²) in [5, 5.41) is 7.96. The van der Waals surface area contributed by atoms with Crippen LogP contribution in [0.1, 0.15) is 41.5 Å². The van der Waals surface area contributed by atoms with E-state index in [1.54, 1.807) is 6.07 Å². The fraction of sp³-hybridized carbons (Fsp3) is 0.316. The molecule has 1 saturated heterocycles. The molecule has 0 unspecified atom stereocenters. The van der Waals surface area contributed by atoms with Gasteiger partial charge in [-0.2, -0.15) is 5.10 Å². The molecule has 1 atom stereocenters. The number of nitrogens with two attached hydrogens (primary N) is 1. The summed E-state index contributed by atoms with van der Waals surface area (Å²) in [4.78, 5) is 26.2. The second-order valence-corrected chi connectivity index (χ2v) is 6.67. The van der Waals surface area contributed by atoms with Gasteiger partial charge in [0.15, 0.2) is 0 Å². The molecule has 0 saturated carbocycles. The number of para-hydroxylation sites is 1. The summed E-state index contributed by atoms with van der Waals surface area (Å²) < 4.78 is 1.98. The topological polar surface area (TPSA) is 97.0 Å². The second kappa shape index (κ2) is 6.67. The molecule has 0 spiro atoms. The molecule has 3 aromatic rings. The summed E-state index contributed by atoms with van der Waals surface area (Å²) in [6.07, 6.45) is 4.80. The number of nitrogens with one attached hydrogen (secondary N) is 1. The smallest absolute Gasteiger partial charge is 0.269 e.